The van der Waals surface area contributed by atoms with Gasteiger partial charge in [0.1, 0.15) is 5.82 Å². The van der Waals surface area contributed by atoms with Gasteiger partial charge in [-0.3, -0.25) is 4.79 Å². The number of imidazole rings is 1. The van der Waals surface area contributed by atoms with E-state index in [0.717, 1.165) is 42.1 Å². The standard InChI is InChI=1S/C16H22N4O/c1-16(2,3)15-19-12-5-4-11(8-13(12)20-15)18-14(21)10-6-7-17-9-10/h4-5,8,10,17H,6-7,9H2,1-3H3,(H,18,21)(H,19,20). The summed E-state index contributed by atoms with van der Waals surface area (Å²) in [5.41, 5.74) is 2.70. The Hall–Kier alpha value is -1.88. The van der Waals surface area contributed by atoms with Gasteiger partial charge in [-0.2, -0.15) is 0 Å². The Morgan fingerprint density at radius 2 is 2.19 bits per heavy atom. The van der Waals surface area contributed by atoms with Crippen molar-refractivity contribution in [1.82, 2.24) is 15.3 Å². The normalized spacial score (nSPS) is 19.1. The summed E-state index contributed by atoms with van der Waals surface area (Å²) in [6.07, 6.45) is 0.909. The smallest absolute Gasteiger partial charge is 0.228 e. The molecule has 1 aliphatic rings. The van der Waals surface area contributed by atoms with Crippen molar-refractivity contribution in [3.63, 3.8) is 0 Å². The van der Waals surface area contributed by atoms with E-state index < -0.39 is 0 Å². The molecule has 1 saturated heterocycles. The van der Waals surface area contributed by atoms with E-state index in [1.807, 2.05) is 18.2 Å². The minimum absolute atomic E-state index is 0.0159. The number of carbonyl (C=O) groups excluding carboxylic acids is 1. The van der Waals surface area contributed by atoms with Crippen molar-refractivity contribution in [2.75, 3.05) is 18.4 Å². The van der Waals surface area contributed by atoms with Crippen LogP contribution >= 0.6 is 0 Å². The third-order valence-electron chi connectivity index (χ3n) is 3.89. The van der Waals surface area contributed by atoms with Gasteiger partial charge in [-0.05, 0) is 31.2 Å². The van der Waals surface area contributed by atoms with E-state index in [1.54, 1.807) is 0 Å². The minimum Gasteiger partial charge on any atom is -0.341 e. The Bertz CT molecular complexity index is 662. The molecule has 1 aromatic heterocycles. The average Bonchev–Trinajstić information content (AvgIpc) is 3.06. The number of rotatable bonds is 2. The Morgan fingerprint density at radius 1 is 1.38 bits per heavy atom. The summed E-state index contributed by atoms with van der Waals surface area (Å²) in [6, 6.07) is 5.82. The van der Waals surface area contributed by atoms with Crippen LogP contribution in [-0.4, -0.2) is 29.0 Å². The first-order chi connectivity index (χ1) is 9.93. The van der Waals surface area contributed by atoms with Crippen LogP contribution in [0.2, 0.25) is 0 Å². The van der Waals surface area contributed by atoms with Crippen LogP contribution in [0, 0.1) is 5.92 Å². The number of benzene rings is 1. The fourth-order valence-electron chi connectivity index (χ4n) is 2.57. The van der Waals surface area contributed by atoms with Crippen LogP contribution in [0.25, 0.3) is 11.0 Å². The summed E-state index contributed by atoms with van der Waals surface area (Å²) in [7, 11) is 0. The molecule has 0 saturated carbocycles. The second-order valence-electron chi connectivity index (χ2n) is 6.75. The molecule has 0 aliphatic carbocycles. The van der Waals surface area contributed by atoms with Crippen molar-refractivity contribution in [3.05, 3.63) is 24.0 Å². The molecule has 0 radical (unpaired) electrons. The molecular formula is C16H22N4O. The van der Waals surface area contributed by atoms with Crippen LogP contribution in [0.5, 0.6) is 0 Å². The molecule has 1 fully saturated rings. The molecule has 21 heavy (non-hydrogen) atoms. The monoisotopic (exact) mass is 286 g/mol. The molecule has 1 aromatic carbocycles. The second-order valence-corrected chi connectivity index (χ2v) is 6.75. The number of carbonyl (C=O) groups is 1. The quantitative estimate of drug-likeness (QED) is 0.794. The molecule has 2 heterocycles. The highest BCUT2D eigenvalue weighted by Gasteiger charge is 2.22. The van der Waals surface area contributed by atoms with Gasteiger partial charge in [0.2, 0.25) is 5.91 Å². The maximum Gasteiger partial charge on any atom is 0.228 e. The molecule has 2 aromatic rings. The number of nitrogens with one attached hydrogen (secondary N) is 3. The fourth-order valence-corrected chi connectivity index (χ4v) is 2.57. The Morgan fingerprint density at radius 3 is 2.86 bits per heavy atom. The predicted molar refractivity (Wildman–Crippen MR) is 84.4 cm³/mol. The number of aromatic nitrogens is 2. The summed E-state index contributed by atoms with van der Waals surface area (Å²) in [6.45, 7) is 8.07. The number of amides is 1. The number of aromatic amines is 1. The molecule has 3 rings (SSSR count). The lowest BCUT2D eigenvalue weighted by Gasteiger charge is -2.13. The predicted octanol–water partition coefficient (Wildman–Crippen LogP) is 2.41. The van der Waals surface area contributed by atoms with Crippen molar-refractivity contribution in [1.29, 1.82) is 0 Å². The highest BCUT2D eigenvalue weighted by Crippen LogP contribution is 2.24. The van der Waals surface area contributed by atoms with Crippen LogP contribution in [0.3, 0.4) is 0 Å². The van der Waals surface area contributed by atoms with Crippen LogP contribution < -0.4 is 10.6 Å². The second kappa shape index (κ2) is 5.15. The zero-order valence-electron chi connectivity index (χ0n) is 12.8. The van der Waals surface area contributed by atoms with Gasteiger partial charge < -0.3 is 15.6 Å². The van der Waals surface area contributed by atoms with Crippen LogP contribution in [0.15, 0.2) is 18.2 Å². The van der Waals surface area contributed by atoms with Crippen LogP contribution in [0.1, 0.15) is 33.0 Å². The molecule has 1 amide bonds. The van der Waals surface area contributed by atoms with E-state index in [2.05, 4.69) is 41.4 Å². The maximum atomic E-state index is 12.1. The number of fused-ring (bicyclic) bond motifs is 1. The first-order valence-electron chi connectivity index (χ1n) is 7.45. The van der Waals surface area contributed by atoms with Crippen molar-refractivity contribution < 1.29 is 4.79 Å². The molecule has 112 valence electrons. The summed E-state index contributed by atoms with van der Waals surface area (Å²) < 4.78 is 0. The number of hydrogen-bond donors (Lipinski definition) is 3. The molecule has 0 spiro atoms. The molecule has 0 bridgehead atoms. The van der Waals surface area contributed by atoms with Gasteiger partial charge >= 0.3 is 0 Å². The zero-order chi connectivity index (χ0) is 15.0. The Kier molecular flexibility index (Phi) is 3.45. The lowest BCUT2D eigenvalue weighted by molar-refractivity contribution is -0.119. The average molecular weight is 286 g/mol. The largest absolute Gasteiger partial charge is 0.341 e. The van der Waals surface area contributed by atoms with Crippen molar-refractivity contribution in [2.45, 2.75) is 32.6 Å². The number of anilines is 1. The molecule has 1 unspecified atom stereocenters. The van der Waals surface area contributed by atoms with E-state index in [1.165, 1.54) is 0 Å². The molecule has 1 atom stereocenters. The third kappa shape index (κ3) is 2.93. The molecule has 5 nitrogen and oxygen atoms in total. The van der Waals surface area contributed by atoms with Gasteiger partial charge in [0.25, 0.3) is 0 Å². The first-order valence-corrected chi connectivity index (χ1v) is 7.45. The molecule has 3 N–H and O–H groups in total. The van der Waals surface area contributed by atoms with E-state index >= 15 is 0 Å². The van der Waals surface area contributed by atoms with Gasteiger partial charge in [-0.15, -0.1) is 0 Å². The van der Waals surface area contributed by atoms with E-state index in [-0.39, 0.29) is 17.2 Å². The third-order valence-corrected chi connectivity index (χ3v) is 3.89. The van der Waals surface area contributed by atoms with Gasteiger partial charge in [0.05, 0.1) is 17.0 Å². The summed E-state index contributed by atoms with van der Waals surface area (Å²) in [5, 5.41) is 6.21. The van der Waals surface area contributed by atoms with Gasteiger partial charge in [-0.1, -0.05) is 20.8 Å². The number of nitrogens with zero attached hydrogens (tertiary/aromatic N) is 1. The van der Waals surface area contributed by atoms with Gasteiger partial charge in [0.15, 0.2) is 0 Å². The van der Waals surface area contributed by atoms with Crippen molar-refractivity contribution >= 4 is 22.6 Å². The van der Waals surface area contributed by atoms with E-state index in [9.17, 15) is 4.79 Å². The van der Waals surface area contributed by atoms with Crippen molar-refractivity contribution in [3.8, 4) is 0 Å². The van der Waals surface area contributed by atoms with Gasteiger partial charge in [0, 0.05) is 17.6 Å². The number of H-pyrrole nitrogens is 1. The number of hydrogen-bond acceptors (Lipinski definition) is 3. The summed E-state index contributed by atoms with van der Waals surface area (Å²) in [5.74, 6) is 1.13. The highest BCUT2D eigenvalue weighted by molar-refractivity contribution is 5.94. The molecular weight excluding hydrogens is 264 g/mol. The topological polar surface area (TPSA) is 69.8 Å². The van der Waals surface area contributed by atoms with Crippen molar-refractivity contribution in [2.24, 2.45) is 5.92 Å². The summed E-state index contributed by atoms with van der Waals surface area (Å²) in [4.78, 5) is 20.1. The lowest BCUT2D eigenvalue weighted by atomic mass is 9.96. The minimum atomic E-state index is -0.0159. The zero-order valence-corrected chi connectivity index (χ0v) is 12.8. The summed E-state index contributed by atoms with van der Waals surface area (Å²) >= 11 is 0. The SMILES string of the molecule is CC(C)(C)c1nc2ccc(NC(=O)C3CCNC3)cc2[nH]1. The fraction of sp³-hybridized carbons (Fsp3) is 0.500. The molecule has 1 aliphatic heterocycles. The molecule has 5 heteroatoms. The Labute approximate surface area is 124 Å². The van der Waals surface area contributed by atoms with E-state index in [4.69, 9.17) is 0 Å². The van der Waals surface area contributed by atoms with E-state index in [0.29, 0.717) is 0 Å². The lowest BCUT2D eigenvalue weighted by Crippen LogP contribution is -2.24. The van der Waals surface area contributed by atoms with Crippen LogP contribution in [-0.2, 0) is 10.2 Å². The Balaban J connectivity index is 1.82. The maximum absolute atomic E-state index is 12.1. The van der Waals surface area contributed by atoms with Gasteiger partial charge in [-0.25, -0.2) is 4.98 Å². The highest BCUT2D eigenvalue weighted by atomic mass is 16.1. The first kappa shape index (κ1) is 14.1. The van der Waals surface area contributed by atoms with Crippen LogP contribution in [0.4, 0.5) is 5.69 Å².